The van der Waals surface area contributed by atoms with Gasteiger partial charge in [-0.15, -0.1) is 0 Å². The Balaban J connectivity index is 1.77. The SMILES string of the molecule is COc1cc(/C=C2/NC(=S)NC2=O)ccc1OCc1cccc(C)c1. The fraction of sp³-hybridized carbons (Fsp3) is 0.158. The molecule has 0 unspecified atom stereocenters. The van der Waals surface area contributed by atoms with Crippen LogP contribution >= 0.6 is 12.2 Å². The van der Waals surface area contributed by atoms with Crippen LogP contribution in [0.2, 0.25) is 0 Å². The number of thiocarbonyl (C=S) groups is 1. The molecule has 1 fully saturated rings. The highest BCUT2D eigenvalue weighted by Gasteiger charge is 2.20. The van der Waals surface area contributed by atoms with Crippen LogP contribution in [0, 0.1) is 6.92 Å². The summed E-state index contributed by atoms with van der Waals surface area (Å²) in [5.74, 6) is 0.997. The number of methoxy groups -OCH3 is 1. The van der Waals surface area contributed by atoms with Gasteiger partial charge in [-0.25, -0.2) is 0 Å². The van der Waals surface area contributed by atoms with Gasteiger partial charge in [0.2, 0.25) is 0 Å². The van der Waals surface area contributed by atoms with Crippen LogP contribution in [-0.4, -0.2) is 18.1 Å². The lowest BCUT2D eigenvalue weighted by Gasteiger charge is -2.12. The van der Waals surface area contributed by atoms with Crippen molar-refractivity contribution < 1.29 is 14.3 Å². The molecule has 2 N–H and O–H groups in total. The van der Waals surface area contributed by atoms with Crippen LogP contribution in [0.3, 0.4) is 0 Å². The second-order valence-corrected chi connectivity index (χ2v) is 6.06. The molecule has 0 radical (unpaired) electrons. The third kappa shape index (κ3) is 4.16. The summed E-state index contributed by atoms with van der Waals surface area (Å²) in [6, 6.07) is 13.7. The van der Waals surface area contributed by atoms with Gasteiger partial charge in [0.15, 0.2) is 16.6 Å². The van der Waals surface area contributed by atoms with Crippen molar-refractivity contribution in [3.63, 3.8) is 0 Å². The molecule has 6 heteroatoms. The van der Waals surface area contributed by atoms with Gasteiger partial charge in [0.05, 0.1) is 7.11 Å². The van der Waals surface area contributed by atoms with Crippen molar-refractivity contribution >= 4 is 29.3 Å². The Hall–Kier alpha value is -2.86. The van der Waals surface area contributed by atoms with E-state index in [1.165, 1.54) is 5.56 Å². The van der Waals surface area contributed by atoms with Gasteiger partial charge in [0, 0.05) is 0 Å². The predicted octanol–water partition coefficient (Wildman–Crippen LogP) is 2.93. The molecule has 25 heavy (non-hydrogen) atoms. The minimum atomic E-state index is -0.247. The smallest absolute Gasteiger partial charge is 0.273 e. The summed E-state index contributed by atoms with van der Waals surface area (Å²) in [6.45, 7) is 2.50. The summed E-state index contributed by atoms with van der Waals surface area (Å²) >= 11 is 4.92. The zero-order valence-electron chi connectivity index (χ0n) is 14.0. The first-order valence-electron chi connectivity index (χ1n) is 7.75. The molecule has 3 rings (SSSR count). The van der Waals surface area contributed by atoms with Crippen molar-refractivity contribution in [2.75, 3.05) is 7.11 Å². The lowest BCUT2D eigenvalue weighted by molar-refractivity contribution is -0.115. The van der Waals surface area contributed by atoms with Gasteiger partial charge < -0.3 is 14.8 Å². The molecule has 2 aromatic carbocycles. The van der Waals surface area contributed by atoms with Crippen LogP contribution in [0.4, 0.5) is 0 Å². The Labute approximate surface area is 151 Å². The first-order valence-corrected chi connectivity index (χ1v) is 8.16. The van der Waals surface area contributed by atoms with Crippen molar-refractivity contribution in [2.24, 2.45) is 0 Å². The molecule has 0 bridgehead atoms. The highest BCUT2D eigenvalue weighted by atomic mass is 32.1. The fourth-order valence-corrected chi connectivity index (χ4v) is 2.71. The number of aryl methyl sites for hydroxylation is 1. The third-order valence-corrected chi connectivity index (χ3v) is 3.90. The molecule has 0 aromatic heterocycles. The number of rotatable bonds is 5. The quantitative estimate of drug-likeness (QED) is 0.639. The number of hydrogen-bond donors (Lipinski definition) is 2. The second kappa shape index (κ2) is 7.36. The monoisotopic (exact) mass is 354 g/mol. The van der Waals surface area contributed by atoms with Crippen molar-refractivity contribution in [1.82, 2.24) is 10.6 Å². The van der Waals surface area contributed by atoms with E-state index in [2.05, 4.69) is 16.7 Å². The van der Waals surface area contributed by atoms with Crippen LogP contribution in [0.25, 0.3) is 6.08 Å². The van der Waals surface area contributed by atoms with Crippen molar-refractivity contribution in [1.29, 1.82) is 0 Å². The zero-order chi connectivity index (χ0) is 17.8. The summed E-state index contributed by atoms with van der Waals surface area (Å²) in [4.78, 5) is 11.7. The average Bonchev–Trinajstić information content (AvgIpc) is 2.91. The summed E-state index contributed by atoms with van der Waals surface area (Å²) < 4.78 is 11.3. The Morgan fingerprint density at radius 3 is 2.64 bits per heavy atom. The Morgan fingerprint density at radius 1 is 1.12 bits per heavy atom. The maximum Gasteiger partial charge on any atom is 0.273 e. The maximum absolute atomic E-state index is 11.7. The van der Waals surface area contributed by atoms with E-state index in [0.29, 0.717) is 28.9 Å². The topological polar surface area (TPSA) is 59.6 Å². The molecule has 0 saturated carbocycles. The first-order chi connectivity index (χ1) is 12.0. The maximum atomic E-state index is 11.7. The minimum absolute atomic E-state index is 0.247. The van der Waals surface area contributed by atoms with E-state index >= 15 is 0 Å². The Kier molecular flexibility index (Phi) is 5.00. The van der Waals surface area contributed by atoms with E-state index in [1.54, 1.807) is 13.2 Å². The molecular formula is C19H18N2O3S. The lowest BCUT2D eigenvalue weighted by Crippen LogP contribution is -2.21. The number of nitrogens with one attached hydrogen (secondary N) is 2. The van der Waals surface area contributed by atoms with Crippen LogP contribution in [-0.2, 0) is 11.4 Å². The number of benzene rings is 2. The molecule has 1 aliphatic rings. The van der Waals surface area contributed by atoms with E-state index in [4.69, 9.17) is 21.7 Å². The third-order valence-electron chi connectivity index (χ3n) is 3.70. The van der Waals surface area contributed by atoms with E-state index in [-0.39, 0.29) is 5.91 Å². The van der Waals surface area contributed by atoms with Gasteiger partial charge in [-0.1, -0.05) is 35.9 Å². The number of carbonyl (C=O) groups is 1. The molecule has 2 aromatic rings. The van der Waals surface area contributed by atoms with E-state index < -0.39 is 0 Å². The summed E-state index contributed by atoms with van der Waals surface area (Å²) in [5.41, 5.74) is 3.49. The predicted molar refractivity (Wildman–Crippen MR) is 100 cm³/mol. The fourth-order valence-electron chi connectivity index (χ4n) is 2.51. The molecule has 5 nitrogen and oxygen atoms in total. The molecule has 128 valence electrons. The van der Waals surface area contributed by atoms with E-state index in [9.17, 15) is 4.79 Å². The highest BCUT2D eigenvalue weighted by molar-refractivity contribution is 7.80. The molecule has 1 aliphatic heterocycles. The molecule has 0 atom stereocenters. The molecule has 0 aliphatic carbocycles. The largest absolute Gasteiger partial charge is 0.493 e. The minimum Gasteiger partial charge on any atom is -0.493 e. The van der Waals surface area contributed by atoms with Gasteiger partial charge in [0.25, 0.3) is 5.91 Å². The van der Waals surface area contributed by atoms with E-state index in [0.717, 1.165) is 11.1 Å². The number of hydrogen-bond acceptors (Lipinski definition) is 4. The Bertz CT molecular complexity index is 861. The van der Waals surface area contributed by atoms with Gasteiger partial charge in [-0.2, -0.15) is 0 Å². The highest BCUT2D eigenvalue weighted by Crippen LogP contribution is 2.29. The standard InChI is InChI=1S/C19H18N2O3S/c1-12-4-3-5-14(8-12)11-24-16-7-6-13(10-17(16)23-2)9-15-18(22)21-19(25)20-15/h3-10H,11H2,1-2H3,(H2,20,21,22,25)/b15-9+. The summed E-state index contributed by atoms with van der Waals surface area (Å²) in [5, 5.41) is 5.65. The Morgan fingerprint density at radius 2 is 1.96 bits per heavy atom. The number of amides is 1. The van der Waals surface area contributed by atoms with Crippen LogP contribution in [0.1, 0.15) is 16.7 Å². The summed E-state index contributed by atoms with van der Waals surface area (Å²) in [6.07, 6.45) is 1.71. The molecule has 1 amide bonds. The van der Waals surface area contributed by atoms with Crippen LogP contribution < -0.4 is 20.1 Å². The number of ether oxygens (including phenoxy) is 2. The molecule has 1 saturated heterocycles. The van der Waals surface area contributed by atoms with Crippen molar-refractivity contribution in [3.8, 4) is 11.5 Å². The normalized spacial score (nSPS) is 15.0. The molecular weight excluding hydrogens is 336 g/mol. The summed E-state index contributed by atoms with van der Waals surface area (Å²) in [7, 11) is 1.58. The van der Waals surface area contributed by atoms with Gasteiger partial charge in [0.1, 0.15) is 12.3 Å². The number of carbonyl (C=O) groups excluding carboxylic acids is 1. The average molecular weight is 354 g/mol. The molecule has 0 spiro atoms. The van der Waals surface area contributed by atoms with Crippen LogP contribution in [0.5, 0.6) is 11.5 Å². The lowest BCUT2D eigenvalue weighted by atomic mass is 10.1. The zero-order valence-corrected chi connectivity index (χ0v) is 14.8. The van der Waals surface area contributed by atoms with Gasteiger partial charge >= 0.3 is 0 Å². The van der Waals surface area contributed by atoms with E-state index in [1.807, 2.05) is 43.3 Å². The first kappa shape index (κ1) is 17.0. The van der Waals surface area contributed by atoms with Crippen molar-refractivity contribution in [2.45, 2.75) is 13.5 Å². The molecule has 1 heterocycles. The van der Waals surface area contributed by atoms with Gasteiger partial charge in [-0.3, -0.25) is 10.1 Å². The van der Waals surface area contributed by atoms with Gasteiger partial charge in [-0.05, 0) is 48.5 Å². The van der Waals surface area contributed by atoms with Crippen LogP contribution in [0.15, 0.2) is 48.2 Å². The van der Waals surface area contributed by atoms with Crippen molar-refractivity contribution in [3.05, 3.63) is 64.9 Å². The second-order valence-electron chi connectivity index (χ2n) is 5.65.